The van der Waals surface area contributed by atoms with Gasteiger partial charge in [-0.05, 0) is 61.4 Å². The third-order valence-electron chi connectivity index (χ3n) is 5.19. The van der Waals surface area contributed by atoms with Gasteiger partial charge in [0, 0.05) is 10.9 Å². The summed E-state index contributed by atoms with van der Waals surface area (Å²) in [6.07, 6.45) is 4.45. The van der Waals surface area contributed by atoms with Gasteiger partial charge in [-0.3, -0.25) is 4.79 Å². The Bertz CT molecular complexity index is 906. The van der Waals surface area contributed by atoms with Crippen LogP contribution in [0.15, 0.2) is 53.1 Å². The van der Waals surface area contributed by atoms with Gasteiger partial charge in [-0.15, -0.1) is 0 Å². The maximum atomic E-state index is 12.7. The highest BCUT2D eigenvalue weighted by molar-refractivity contribution is 5.88. The van der Waals surface area contributed by atoms with Gasteiger partial charge in [-0.25, -0.2) is 0 Å². The predicted molar refractivity (Wildman–Crippen MR) is 99.4 cm³/mol. The summed E-state index contributed by atoms with van der Waals surface area (Å²) in [5.41, 5.74) is 5.43. The molecule has 1 N–H and O–H groups in total. The lowest BCUT2D eigenvalue weighted by atomic mass is 10.0. The zero-order valence-corrected chi connectivity index (χ0v) is 14.7. The molecule has 3 aromatic rings. The van der Waals surface area contributed by atoms with Crippen LogP contribution in [0.2, 0.25) is 0 Å². The quantitative estimate of drug-likeness (QED) is 0.724. The molecule has 2 aromatic carbocycles. The van der Waals surface area contributed by atoms with Gasteiger partial charge >= 0.3 is 0 Å². The van der Waals surface area contributed by atoms with Gasteiger partial charge in [-0.1, -0.05) is 30.3 Å². The van der Waals surface area contributed by atoms with Crippen molar-refractivity contribution in [3.8, 4) is 0 Å². The second kappa shape index (κ2) is 6.40. The van der Waals surface area contributed by atoms with Crippen LogP contribution in [0, 0.1) is 19.8 Å². The zero-order valence-electron chi connectivity index (χ0n) is 14.7. The lowest BCUT2D eigenvalue weighted by molar-refractivity contribution is -0.121. The van der Waals surface area contributed by atoms with Crippen molar-refractivity contribution in [3.05, 3.63) is 71.0 Å². The van der Waals surface area contributed by atoms with Gasteiger partial charge in [0.25, 0.3) is 0 Å². The highest BCUT2D eigenvalue weighted by Gasteiger charge is 2.33. The van der Waals surface area contributed by atoms with E-state index < -0.39 is 0 Å². The molecular weight excluding hydrogens is 310 g/mol. The van der Waals surface area contributed by atoms with E-state index >= 15 is 0 Å². The first-order valence-electron chi connectivity index (χ1n) is 8.93. The van der Waals surface area contributed by atoms with E-state index in [1.54, 1.807) is 6.26 Å². The summed E-state index contributed by atoms with van der Waals surface area (Å²) in [5.74, 6) is 0.624. The fourth-order valence-corrected chi connectivity index (χ4v) is 3.43. The average Bonchev–Trinajstić information content (AvgIpc) is 3.39. The van der Waals surface area contributed by atoms with Gasteiger partial charge in [0.05, 0.1) is 18.7 Å². The van der Waals surface area contributed by atoms with Crippen LogP contribution in [0.25, 0.3) is 11.0 Å². The number of rotatable bonds is 5. The number of nitrogens with one attached hydrogen (secondary N) is 1. The number of amides is 1. The lowest BCUT2D eigenvalue weighted by Gasteiger charge is -2.18. The Hall–Kier alpha value is -2.55. The van der Waals surface area contributed by atoms with Crippen LogP contribution in [0.1, 0.15) is 41.1 Å². The van der Waals surface area contributed by atoms with Gasteiger partial charge in [-0.2, -0.15) is 0 Å². The first-order valence-corrected chi connectivity index (χ1v) is 8.93. The minimum atomic E-state index is 0.0571. The van der Waals surface area contributed by atoms with Gasteiger partial charge in [0.15, 0.2) is 0 Å². The number of benzene rings is 2. The van der Waals surface area contributed by atoms with Crippen LogP contribution in [0.4, 0.5) is 0 Å². The number of carbonyl (C=O) groups excluding carboxylic acids is 1. The number of aryl methyl sites for hydroxylation is 2. The Kier molecular flexibility index (Phi) is 4.08. The fraction of sp³-hybridized carbons (Fsp3) is 0.318. The first kappa shape index (κ1) is 15.9. The molecule has 1 saturated carbocycles. The van der Waals surface area contributed by atoms with E-state index in [4.69, 9.17) is 4.42 Å². The van der Waals surface area contributed by atoms with Crippen LogP contribution >= 0.6 is 0 Å². The van der Waals surface area contributed by atoms with E-state index in [9.17, 15) is 4.79 Å². The molecule has 1 aliphatic carbocycles. The van der Waals surface area contributed by atoms with E-state index in [0.717, 1.165) is 16.5 Å². The maximum Gasteiger partial charge on any atom is 0.225 e. The molecule has 0 radical (unpaired) electrons. The molecule has 1 fully saturated rings. The van der Waals surface area contributed by atoms with E-state index in [0.29, 0.717) is 12.3 Å². The zero-order chi connectivity index (χ0) is 17.4. The number of furan rings is 1. The Morgan fingerprint density at radius 2 is 1.88 bits per heavy atom. The molecule has 1 heterocycles. The molecule has 0 unspecified atom stereocenters. The average molecular weight is 333 g/mol. The molecule has 3 nitrogen and oxygen atoms in total. The van der Waals surface area contributed by atoms with Crippen molar-refractivity contribution in [2.24, 2.45) is 5.92 Å². The summed E-state index contributed by atoms with van der Waals surface area (Å²) < 4.78 is 5.66. The van der Waals surface area contributed by atoms with Crippen molar-refractivity contribution >= 4 is 16.9 Å². The minimum Gasteiger partial charge on any atom is -0.464 e. The van der Waals surface area contributed by atoms with Crippen molar-refractivity contribution in [2.45, 2.75) is 39.2 Å². The maximum absolute atomic E-state index is 12.7. The van der Waals surface area contributed by atoms with Crippen molar-refractivity contribution in [3.63, 3.8) is 0 Å². The van der Waals surface area contributed by atoms with Crippen LogP contribution < -0.4 is 5.32 Å². The minimum absolute atomic E-state index is 0.0571. The molecule has 128 valence electrons. The predicted octanol–water partition coefficient (Wildman–Crippen LogP) is 4.86. The molecule has 1 aromatic heterocycles. The SMILES string of the molecule is Cc1cc2occ(CC(=O)N[C@@H](c3ccccc3)C3CC3)c2cc1C. The Morgan fingerprint density at radius 1 is 1.16 bits per heavy atom. The number of hydrogen-bond donors (Lipinski definition) is 1. The Balaban J connectivity index is 1.53. The Labute approximate surface area is 148 Å². The van der Waals surface area contributed by atoms with Crippen LogP contribution in [-0.4, -0.2) is 5.91 Å². The van der Waals surface area contributed by atoms with E-state index in [1.165, 1.54) is 29.5 Å². The first-order chi connectivity index (χ1) is 12.1. The third kappa shape index (κ3) is 3.32. The number of fused-ring (bicyclic) bond motifs is 1. The molecule has 1 amide bonds. The molecule has 0 aliphatic heterocycles. The molecule has 0 bridgehead atoms. The van der Waals surface area contributed by atoms with Crippen molar-refractivity contribution in [1.82, 2.24) is 5.32 Å². The van der Waals surface area contributed by atoms with E-state index in [1.807, 2.05) is 24.3 Å². The van der Waals surface area contributed by atoms with E-state index in [2.05, 4.69) is 37.4 Å². The van der Waals surface area contributed by atoms with Crippen molar-refractivity contribution < 1.29 is 9.21 Å². The summed E-state index contributed by atoms with van der Waals surface area (Å²) in [7, 11) is 0. The molecule has 25 heavy (non-hydrogen) atoms. The summed E-state index contributed by atoms with van der Waals surface area (Å²) in [6.45, 7) is 4.16. The smallest absolute Gasteiger partial charge is 0.225 e. The molecule has 0 spiro atoms. The normalized spacial score (nSPS) is 15.3. The largest absolute Gasteiger partial charge is 0.464 e. The topological polar surface area (TPSA) is 42.2 Å². The molecule has 1 atom stereocenters. The summed E-state index contributed by atoms with van der Waals surface area (Å²) in [5, 5.41) is 4.29. The number of hydrogen-bond acceptors (Lipinski definition) is 2. The summed E-state index contributed by atoms with van der Waals surface area (Å²) in [6, 6.07) is 14.6. The van der Waals surface area contributed by atoms with Gasteiger partial charge < -0.3 is 9.73 Å². The van der Waals surface area contributed by atoms with E-state index in [-0.39, 0.29) is 11.9 Å². The molecule has 4 rings (SSSR count). The Morgan fingerprint density at radius 3 is 2.60 bits per heavy atom. The summed E-state index contributed by atoms with van der Waals surface area (Å²) >= 11 is 0. The molecular formula is C22H23NO2. The fourth-order valence-electron chi connectivity index (χ4n) is 3.43. The second-order valence-corrected chi connectivity index (χ2v) is 7.16. The van der Waals surface area contributed by atoms with Crippen LogP contribution in [0.5, 0.6) is 0 Å². The highest BCUT2D eigenvalue weighted by Crippen LogP contribution is 2.41. The van der Waals surface area contributed by atoms with Gasteiger partial charge in [0.2, 0.25) is 5.91 Å². The molecule has 1 aliphatic rings. The second-order valence-electron chi connectivity index (χ2n) is 7.16. The monoisotopic (exact) mass is 333 g/mol. The third-order valence-corrected chi connectivity index (χ3v) is 5.19. The van der Waals surface area contributed by atoms with Crippen molar-refractivity contribution in [1.29, 1.82) is 0 Å². The highest BCUT2D eigenvalue weighted by atomic mass is 16.3. The standard InChI is InChI=1S/C22H23NO2/c1-14-10-19-18(13-25-20(19)11-15(14)2)12-21(24)23-22(17-8-9-17)16-6-4-3-5-7-16/h3-7,10-11,13,17,22H,8-9,12H2,1-2H3,(H,23,24)/t22-/m0/s1. The van der Waals surface area contributed by atoms with Crippen LogP contribution in [-0.2, 0) is 11.2 Å². The molecule has 0 saturated heterocycles. The number of carbonyl (C=O) groups is 1. The van der Waals surface area contributed by atoms with Gasteiger partial charge in [0.1, 0.15) is 5.58 Å². The summed E-state index contributed by atoms with van der Waals surface area (Å²) in [4.78, 5) is 12.7. The van der Waals surface area contributed by atoms with Crippen LogP contribution in [0.3, 0.4) is 0 Å². The van der Waals surface area contributed by atoms with Crippen molar-refractivity contribution in [2.75, 3.05) is 0 Å². The lowest BCUT2D eigenvalue weighted by Crippen LogP contribution is -2.31. The molecule has 3 heteroatoms.